The number of nitrogens with one attached hydrogen (secondary N) is 1. The number of ether oxygens (including phenoxy) is 1. The van der Waals surface area contributed by atoms with Gasteiger partial charge in [-0.1, -0.05) is 26.0 Å². The predicted molar refractivity (Wildman–Crippen MR) is 71.6 cm³/mol. The van der Waals surface area contributed by atoms with E-state index in [1.54, 1.807) is 12.1 Å². The molecule has 2 atom stereocenters. The van der Waals surface area contributed by atoms with Gasteiger partial charge in [0.1, 0.15) is 12.7 Å². The van der Waals surface area contributed by atoms with Gasteiger partial charge in [0.15, 0.2) is 11.6 Å². The monoisotopic (exact) mass is 271 g/mol. The normalized spacial score (nSPS) is 14.4. The summed E-state index contributed by atoms with van der Waals surface area (Å²) in [5.74, 6) is -0.0492. The smallest absolute Gasteiger partial charge is 0.165 e. The number of rotatable bonds is 8. The van der Waals surface area contributed by atoms with Crippen LogP contribution in [-0.4, -0.2) is 42.1 Å². The second-order valence-electron chi connectivity index (χ2n) is 4.84. The Labute approximate surface area is 113 Å². The van der Waals surface area contributed by atoms with Crippen LogP contribution < -0.4 is 10.1 Å². The molecule has 0 aliphatic carbocycles. The van der Waals surface area contributed by atoms with Crippen LogP contribution in [0.15, 0.2) is 24.3 Å². The van der Waals surface area contributed by atoms with Crippen LogP contribution in [0.1, 0.15) is 13.8 Å². The highest BCUT2D eigenvalue weighted by atomic mass is 19.1. The molecule has 0 aliphatic heterocycles. The van der Waals surface area contributed by atoms with Gasteiger partial charge in [-0.2, -0.15) is 0 Å². The molecule has 108 valence electrons. The molecule has 0 radical (unpaired) electrons. The Balaban J connectivity index is 2.32. The van der Waals surface area contributed by atoms with Gasteiger partial charge in [0, 0.05) is 12.6 Å². The van der Waals surface area contributed by atoms with Crippen molar-refractivity contribution in [2.24, 2.45) is 5.92 Å². The van der Waals surface area contributed by atoms with E-state index in [4.69, 9.17) is 9.84 Å². The molecule has 0 amide bonds. The molecule has 1 aromatic carbocycles. The van der Waals surface area contributed by atoms with Crippen molar-refractivity contribution in [1.29, 1.82) is 0 Å². The molecule has 1 aromatic rings. The van der Waals surface area contributed by atoms with Gasteiger partial charge in [-0.05, 0) is 18.1 Å². The molecule has 0 aromatic heterocycles. The fourth-order valence-electron chi connectivity index (χ4n) is 1.61. The van der Waals surface area contributed by atoms with E-state index < -0.39 is 11.9 Å². The third-order valence-corrected chi connectivity index (χ3v) is 2.88. The Morgan fingerprint density at radius 1 is 1.32 bits per heavy atom. The molecular weight excluding hydrogens is 249 g/mol. The molecule has 0 bridgehead atoms. The number of hydrogen-bond acceptors (Lipinski definition) is 4. The van der Waals surface area contributed by atoms with Crippen molar-refractivity contribution >= 4 is 0 Å². The first-order valence-electron chi connectivity index (χ1n) is 6.44. The number of para-hydroxylation sites is 1. The van der Waals surface area contributed by atoms with E-state index >= 15 is 0 Å². The first-order valence-corrected chi connectivity index (χ1v) is 6.44. The van der Waals surface area contributed by atoms with Crippen LogP contribution in [-0.2, 0) is 0 Å². The van der Waals surface area contributed by atoms with Gasteiger partial charge in [-0.25, -0.2) is 4.39 Å². The Kier molecular flexibility index (Phi) is 6.77. The van der Waals surface area contributed by atoms with E-state index in [0.29, 0.717) is 0 Å². The average Bonchev–Trinajstić information content (AvgIpc) is 2.38. The number of aliphatic hydroxyl groups excluding tert-OH is 2. The van der Waals surface area contributed by atoms with Crippen LogP contribution >= 0.6 is 0 Å². The average molecular weight is 271 g/mol. The molecule has 5 heteroatoms. The Bertz CT molecular complexity index is 373. The lowest BCUT2D eigenvalue weighted by Gasteiger charge is -2.22. The minimum atomic E-state index is -0.757. The summed E-state index contributed by atoms with van der Waals surface area (Å²) in [6.45, 7) is 4.27. The summed E-state index contributed by atoms with van der Waals surface area (Å²) in [6.07, 6.45) is -0.757. The number of aliphatic hydroxyl groups is 2. The Morgan fingerprint density at radius 2 is 2.00 bits per heavy atom. The van der Waals surface area contributed by atoms with Crippen LogP contribution in [0.2, 0.25) is 0 Å². The lowest BCUT2D eigenvalue weighted by molar-refractivity contribution is 0.0943. The van der Waals surface area contributed by atoms with Gasteiger partial charge in [-0.15, -0.1) is 0 Å². The van der Waals surface area contributed by atoms with E-state index in [0.717, 1.165) is 0 Å². The van der Waals surface area contributed by atoms with E-state index in [-0.39, 0.29) is 37.5 Å². The maximum absolute atomic E-state index is 13.3. The van der Waals surface area contributed by atoms with E-state index in [2.05, 4.69) is 5.32 Å². The number of benzene rings is 1. The van der Waals surface area contributed by atoms with Gasteiger partial charge in [-0.3, -0.25) is 0 Å². The van der Waals surface area contributed by atoms with Crippen molar-refractivity contribution in [3.63, 3.8) is 0 Å². The molecule has 0 saturated heterocycles. The fraction of sp³-hybridized carbons (Fsp3) is 0.571. The third kappa shape index (κ3) is 5.55. The lowest BCUT2D eigenvalue weighted by atomic mass is 10.1. The highest BCUT2D eigenvalue weighted by Gasteiger charge is 2.14. The lowest BCUT2D eigenvalue weighted by Crippen LogP contribution is -2.42. The Hall–Kier alpha value is -1.17. The quantitative estimate of drug-likeness (QED) is 0.664. The predicted octanol–water partition coefficient (Wildman–Crippen LogP) is 1.17. The molecule has 0 saturated carbocycles. The second kappa shape index (κ2) is 8.09. The van der Waals surface area contributed by atoms with Gasteiger partial charge >= 0.3 is 0 Å². The topological polar surface area (TPSA) is 61.7 Å². The largest absolute Gasteiger partial charge is 0.488 e. The van der Waals surface area contributed by atoms with E-state index in [9.17, 15) is 9.50 Å². The SMILES string of the molecule is CC(C)[C@@H](CO)NCC(O)COc1ccccc1F. The molecule has 1 rings (SSSR count). The highest BCUT2D eigenvalue weighted by Crippen LogP contribution is 2.15. The van der Waals surface area contributed by atoms with Crippen LogP contribution in [0.4, 0.5) is 4.39 Å². The van der Waals surface area contributed by atoms with Crippen molar-refractivity contribution < 1.29 is 19.3 Å². The van der Waals surface area contributed by atoms with Gasteiger partial charge < -0.3 is 20.3 Å². The summed E-state index contributed by atoms with van der Waals surface area (Å²) in [7, 11) is 0. The Morgan fingerprint density at radius 3 is 2.58 bits per heavy atom. The molecule has 19 heavy (non-hydrogen) atoms. The van der Waals surface area contributed by atoms with E-state index in [1.165, 1.54) is 12.1 Å². The van der Waals surface area contributed by atoms with Crippen molar-refractivity contribution in [2.45, 2.75) is 26.0 Å². The molecule has 3 N–H and O–H groups in total. The van der Waals surface area contributed by atoms with E-state index in [1.807, 2.05) is 13.8 Å². The molecule has 0 aliphatic rings. The standard InChI is InChI=1S/C14H22FNO3/c1-10(2)13(8-17)16-7-11(18)9-19-14-6-4-3-5-12(14)15/h3-6,10-11,13,16-18H,7-9H2,1-2H3/t11?,13-/m1/s1. The second-order valence-corrected chi connectivity index (χ2v) is 4.84. The highest BCUT2D eigenvalue weighted by molar-refractivity contribution is 5.23. The van der Waals surface area contributed by atoms with Crippen molar-refractivity contribution in [3.8, 4) is 5.75 Å². The molecule has 4 nitrogen and oxygen atoms in total. The molecule has 0 heterocycles. The number of hydrogen-bond donors (Lipinski definition) is 3. The van der Waals surface area contributed by atoms with Crippen molar-refractivity contribution in [2.75, 3.05) is 19.8 Å². The minimum absolute atomic E-state index is 0.00414. The van der Waals surface area contributed by atoms with Crippen molar-refractivity contribution in [1.82, 2.24) is 5.32 Å². The van der Waals surface area contributed by atoms with Crippen LogP contribution in [0, 0.1) is 11.7 Å². The summed E-state index contributed by atoms with van der Waals surface area (Å²) in [5, 5.41) is 21.9. The van der Waals surface area contributed by atoms with Gasteiger partial charge in [0.25, 0.3) is 0 Å². The zero-order valence-electron chi connectivity index (χ0n) is 11.3. The first-order chi connectivity index (χ1) is 9.04. The zero-order valence-corrected chi connectivity index (χ0v) is 11.3. The summed E-state index contributed by atoms with van der Waals surface area (Å²) >= 11 is 0. The molecular formula is C14H22FNO3. The minimum Gasteiger partial charge on any atom is -0.488 e. The van der Waals surface area contributed by atoms with Crippen LogP contribution in [0.5, 0.6) is 5.75 Å². The third-order valence-electron chi connectivity index (χ3n) is 2.88. The summed E-state index contributed by atoms with van der Waals surface area (Å²) in [6, 6.07) is 6.00. The van der Waals surface area contributed by atoms with Gasteiger partial charge in [0.2, 0.25) is 0 Å². The summed E-state index contributed by atoms with van der Waals surface area (Å²) in [5.41, 5.74) is 0. The molecule has 0 fully saturated rings. The molecule has 0 spiro atoms. The zero-order chi connectivity index (χ0) is 14.3. The van der Waals surface area contributed by atoms with Crippen molar-refractivity contribution in [3.05, 3.63) is 30.1 Å². The van der Waals surface area contributed by atoms with Crippen LogP contribution in [0.3, 0.4) is 0 Å². The number of halogens is 1. The fourth-order valence-corrected chi connectivity index (χ4v) is 1.61. The summed E-state index contributed by atoms with van der Waals surface area (Å²) in [4.78, 5) is 0. The first kappa shape index (κ1) is 15.9. The van der Waals surface area contributed by atoms with Gasteiger partial charge in [0.05, 0.1) is 6.61 Å². The maximum atomic E-state index is 13.3. The summed E-state index contributed by atoms with van der Waals surface area (Å²) < 4.78 is 18.5. The maximum Gasteiger partial charge on any atom is 0.165 e. The van der Waals surface area contributed by atoms with Crippen LogP contribution in [0.25, 0.3) is 0 Å². The molecule has 1 unspecified atom stereocenters.